The van der Waals surface area contributed by atoms with Crippen molar-refractivity contribution in [2.75, 3.05) is 20.8 Å². The first-order valence-corrected chi connectivity index (χ1v) is 9.87. The Bertz CT molecular complexity index is 1130. The Morgan fingerprint density at radius 1 is 1.03 bits per heavy atom. The standard InChI is InChI=1S/C24H24N2O3/c1-27-21-11-5-9-19(24(21)28-2)23-22-18(17-8-3-4-10-20(17)25-22)12-13-26(23)15-16-7-6-14-29-16/h3-11,14,23,25H,12-13,15H2,1-2H3/t23-/m1/s1. The molecule has 3 heterocycles. The minimum atomic E-state index is 0.0151. The summed E-state index contributed by atoms with van der Waals surface area (Å²) >= 11 is 0. The first kappa shape index (κ1) is 17.9. The summed E-state index contributed by atoms with van der Waals surface area (Å²) in [6.07, 6.45) is 2.72. The van der Waals surface area contributed by atoms with Gasteiger partial charge in [0.1, 0.15) is 5.76 Å². The number of fused-ring (bicyclic) bond motifs is 3. The van der Waals surface area contributed by atoms with Gasteiger partial charge in [0.05, 0.1) is 33.1 Å². The maximum absolute atomic E-state index is 5.80. The Morgan fingerprint density at radius 3 is 2.72 bits per heavy atom. The van der Waals surface area contributed by atoms with E-state index in [1.807, 2.05) is 24.3 Å². The summed E-state index contributed by atoms with van der Waals surface area (Å²) in [5, 5.41) is 1.30. The first-order chi connectivity index (χ1) is 14.3. The Balaban J connectivity index is 1.69. The lowest BCUT2D eigenvalue weighted by Gasteiger charge is -2.36. The zero-order valence-electron chi connectivity index (χ0n) is 16.6. The molecule has 1 aliphatic heterocycles. The molecule has 29 heavy (non-hydrogen) atoms. The average Bonchev–Trinajstić information content (AvgIpc) is 3.40. The summed E-state index contributed by atoms with van der Waals surface area (Å²) in [6.45, 7) is 1.66. The summed E-state index contributed by atoms with van der Waals surface area (Å²) in [5.74, 6) is 2.47. The number of nitrogens with one attached hydrogen (secondary N) is 1. The monoisotopic (exact) mass is 388 g/mol. The van der Waals surface area contributed by atoms with E-state index in [4.69, 9.17) is 13.9 Å². The van der Waals surface area contributed by atoms with Gasteiger partial charge in [-0.05, 0) is 36.2 Å². The van der Waals surface area contributed by atoms with Gasteiger partial charge >= 0.3 is 0 Å². The summed E-state index contributed by atoms with van der Waals surface area (Å²) in [6, 6.07) is 18.6. The summed E-state index contributed by atoms with van der Waals surface area (Å²) in [7, 11) is 3.38. The number of para-hydroxylation sites is 2. The molecular formula is C24H24N2O3. The zero-order chi connectivity index (χ0) is 19.8. The lowest BCUT2D eigenvalue weighted by atomic mass is 9.91. The molecule has 5 heteroatoms. The van der Waals surface area contributed by atoms with Gasteiger partial charge in [0.15, 0.2) is 11.5 Å². The molecule has 1 N–H and O–H groups in total. The minimum Gasteiger partial charge on any atom is -0.493 e. The van der Waals surface area contributed by atoms with Crippen molar-refractivity contribution in [2.45, 2.75) is 19.0 Å². The smallest absolute Gasteiger partial charge is 0.165 e. The third kappa shape index (κ3) is 2.98. The molecule has 0 saturated heterocycles. The van der Waals surface area contributed by atoms with E-state index in [2.05, 4.69) is 40.2 Å². The summed E-state index contributed by atoms with van der Waals surface area (Å²) in [4.78, 5) is 6.13. The van der Waals surface area contributed by atoms with Gasteiger partial charge in [-0.2, -0.15) is 0 Å². The van der Waals surface area contributed by atoms with Crippen LogP contribution in [0.2, 0.25) is 0 Å². The highest BCUT2D eigenvalue weighted by molar-refractivity contribution is 5.85. The van der Waals surface area contributed by atoms with Crippen LogP contribution in [0.15, 0.2) is 65.3 Å². The van der Waals surface area contributed by atoms with Crippen LogP contribution in [0.4, 0.5) is 0 Å². The van der Waals surface area contributed by atoms with E-state index in [9.17, 15) is 0 Å². The normalized spacial score (nSPS) is 16.7. The molecule has 5 nitrogen and oxygen atoms in total. The van der Waals surface area contributed by atoms with Crippen LogP contribution in [0, 0.1) is 0 Å². The van der Waals surface area contributed by atoms with Crippen LogP contribution in [-0.4, -0.2) is 30.6 Å². The second-order valence-electron chi connectivity index (χ2n) is 7.35. The number of furan rings is 1. The molecule has 0 saturated carbocycles. The Morgan fingerprint density at radius 2 is 1.93 bits per heavy atom. The van der Waals surface area contributed by atoms with Gasteiger partial charge in [-0.1, -0.05) is 30.3 Å². The van der Waals surface area contributed by atoms with Crippen molar-refractivity contribution in [1.29, 1.82) is 0 Å². The Kier molecular flexibility index (Phi) is 4.52. The van der Waals surface area contributed by atoms with Crippen molar-refractivity contribution in [2.24, 2.45) is 0 Å². The number of H-pyrrole nitrogens is 1. The van der Waals surface area contributed by atoms with Crippen molar-refractivity contribution in [3.05, 3.63) is 83.4 Å². The van der Waals surface area contributed by atoms with Crippen LogP contribution < -0.4 is 9.47 Å². The van der Waals surface area contributed by atoms with E-state index in [1.54, 1.807) is 20.5 Å². The third-order valence-corrected chi connectivity index (χ3v) is 5.80. The number of ether oxygens (including phenoxy) is 2. The number of methoxy groups -OCH3 is 2. The molecule has 0 unspecified atom stereocenters. The van der Waals surface area contributed by atoms with Crippen molar-refractivity contribution < 1.29 is 13.9 Å². The fourth-order valence-electron chi connectivity index (χ4n) is 4.54. The number of rotatable bonds is 5. The highest BCUT2D eigenvalue weighted by Crippen LogP contribution is 2.44. The van der Waals surface area contributed by atoms with E-state index >= 15 is 0 Å². The lowest BCUT2D eigenvalue weighted by Crippen LogP contribution is -2.35. The first-order valence-electron chi connectivity index (χ1n) is 9.87. The number of benzene rings is 2. The lowest BCUT2D eigenvalue weighted by molar-refractivity contribution is 0.183. The second-order valence-corrected chi connectivity index (χ2v) is 7.35. The number of aromatic nitrogens is 1. The van der Waals surface area contributed by atoms with Crippen LogP contribution in [0.5, 0.6) is 11.5 Å². The van der Waals surface area contributed by atoms with Gasteiger partial charge in [0, 0.05) is 28.7 Å². The molecule has 0 amide bonds. The van der Waals surface area contributed by atoms with Crippen molar-refractivity contribution in [1.82, 2.24) is 9.88 Å². The van der Waals surface area contributed by atoms with Crippen LogP contribution in [0.25, 0.3) is 10.9 Å². The van der Waals surface area contributed by atoms with E-state index in [0.717, 1.165) is 42.3 Å². The van der Waals surface area contributed by atoms with Gasteiger partial charge in [-0.25, -0.2) is 0 Å². The highest BCUT2D eigenvalue weighted by atomic mass is 16.5. The van der Waals surface area contributed by atoms with Crippen LogP contribution in [-0.2, 0) is 13.0 Å². The summed E-state index contributed by atoms with van der Waals surface area (Å²) in [5.41, 5.74) is 4.86. The molecule has 0 fully saturated rings. The van der Waals surface area contributed by atoms with Crippen LogP contribution >= 0.6 is 0 Å². The van der Waals surface area contributed by atoms with E-state index < -0.39 is 0 Å². The fraction of sp³-hybridized carbons (Fsp3) is 0.250. The number of aromatic amines is 1. The average molecular weight is 388 g/mol. The molecule has 1 aliphatic rings. The predicted molar refractivity (Wildman–Crippen MR) is 113 cm³/mol. The maximum Gasteiger partial charge on any atom is 0.165 e. The van der Waals surface area contributed by atoms with Gasteiger partial charge in [0.2, 0.25) is 0 Å². The van der Waals surface area contributed by atoms with Crippen molar-refractivity contribution in [3.63, 3.8) is 0 Å². The van der Waals surface area contributed by atoms with Crippen molar-refractivity contribution in [3.8, 4) is 11.5 Å². The number of nitrogens with zero attached hydrogens (tertiary/aromatic N) is 1. The van der Waals surface area contributed by atoms with Crippen LogP contribution in [0.3, 0.4) is 0 Å². The largest absolute Gasteiger partial charge is 0.493 e. The Hall–Kier alpha value is -3.18. The van der Waals surface area contributed by atoms with E-state index in [0.29, 0.717) is 0 Å². The maximum atomic E-state index is 5.80. The minimum absolute atomic E-state index is 0.0151. The molecule has 0 aliphatic carbocycles. The van der Waals surface area contributed by atoms with E-state index in [1.165, 1.54) is 22.2 Å². The highest BCUT2D eigenvalue weighted by Gasteiger charge is 2.34. The molecule has 0 spiro atoms. The molecule has 0 radical (unpaired) electrons. The van der Waals surface area contributed by atoms with Gasteiger partial charge < -0.3 is 18.9 Å². The van der Waals surface area contributed by atoms with Crippen molar-refractivity contribution >= 4 is 10.9 Å². The SMILES string of the molecule is COc1cccc([C@@H]2c3[nH]c4ccccc4c3CCN2Cc2ccco2)c1OC. The van der Waals surface area contributed by atoms with E-state index in [-0.39, 0.29) is 6.04 Å². The topological polar surface area (TPSA) is 50.6 Å². The Labute approximate surface area is 169 Å². The molecule has 5 rings (SSSR count). The molecule has 4 aromatic rings. The van der Waals surface area contributed by atoms with Gasteiger partial charge in [-0.3, -0.25) is 4.90 Å². The molecular weight excluding hydrogens is 364 g/mol. The van der Waals surface area contributed by atoms with Gasteiger partial charge in [-0.15, -0.1) is 0 Å². The zero-order valence-corrected chi connectivity index (χ0v) is 16.6. The fourth-order valence-corrected chi connectivity index (χ4v) is 4.54. The number of hydrogen-bond donors (Lipinski definition) is 1. The predicted octanol–water partition coefficient (Wildman–Crippen LogP) is 4.93. The molecule has 2 aromatic heterocycles. The second kappa shape index (κ2) is 7.33. The molecule has 0 bridgehead atoms. The van der Waals surface area contributed by atoms with Gasteiger partial charge in [0.25, 0.3) is 0 Å². The van der Waals surface area contributed by atoms with Crippen LogP contribution in [0.1, 0.15) is 28.6 Å². The summed E-state index contributed by atoms with van der Waals surface area (Å²) < 4.78 is 17.0. The third-order valence-electron chi connectivity index (χ3n) is 5.80. The molecule has 2 aromatic carbocycles. The molecule has 1 atom stereocenters. The number of hydrogen-bond acceptors (Lipinski definition) is 4. The quantitative estimate of drug-likeness (QED) is 0.527. The molecule has 148 valence electrons.